The van der Waals surface area contributed by atoms with Crippen LogP contribution in [0, 0.1) is 12.8 Å². The van der Waals surface area contributed by atoms with Gasteiger partial charge in [0, 0.05) is 12.0 Å². The number of ether oxygens (including phenoxy) is 1. The fourth-order valence-electron chi connectivity index (χ4n) is 4.02. The number of aliphatic carboxylic acids is 1. The van der Waals surface area contributed by atoms with Gasteiger partial charge in [0.05, 0.1) is 5.71 Å². The van der Waals surface area contributed by atoms with E-state index in [1.54, 1.807) is 6.92 Å². The lowest BCUT2D eigenvalue weighted by molar-refractivity contribution is -0.138. The summed E-state index contributed by atoms with van der Waals surface area (Å²) in [5, 5.41) is 8.90. The molecule has 146 valence electrons. The van der Waals surface area contributed by atoms with Gasteiger partial charge in [0.15, 0.2) is 11.5 Å². The zero-order chi connectivity index (χ0) is 20.1. The van der Waals surface area contributed by atoms with E-state index in [0.29, 0.717) is 35.0 Å². The van der Waals surface area contributed by atoms with Crippen LogP contribution >= 0.6 is 0 Å². The number of aryl methyl sites for hydroxylation is 1. The van der Waals surface area contributed by atoms with Crippen molar-refractivity contribution in [1.29, 1.82) is 0 Å². The van der Waals surface area contributed by atoms with E-state index in [9.17, 15) is 4.79 Å². The monoisotopic (exact) mass is 380 g/mol. The van der Waals surface area contributed by atoms with E-state index in [1.807, 2.05) is 26.0 Å². The van der Waals surface area contributed by atoms with Gasteiger partial charge >= 0.3 is 5.97 Å². The number of hydrogen-bond acceptors (Lipinski definition) is 6. The Labute approximate surface area is 163 Å². The zero-order valence-electron chi connectivity index (χ0n) is 16.3. The zero-order valence-corrected chi connectivity index (χ0v) is 16.3. The number of hydrogen-bond donors (Lipinski definition) is 2. The van der Waals surface area contributed by atoms with Crippen LogP contribution < -0.4 is 10.5 Å². The summed E-state index contributed by atoms with van der Waals surface area (Å²) in [5.41, 5.74) is 8.83. The van der Waals surface area contributed by atoms with Gasteiger partial charge in [-0.05, 0) is 51.0 Å². The number of anilines is 1. The number of benzene rings is 1. The maximum absolute atomic E-state index is 10.8. The first-order valence-corrected chi connectivity index (χ1v) is 9.47. The van der Waals surface area contributed by atoms with Crippen LogP contribution in [-0.2, 0) is 4.79 Å². The number of rotatable bonds is 4. The van der Waals surface area contributed by atoms with Gasteiger partial charge in [-0.3, -0.25) is 4.79 Å². The Balaban J connectivity index is 1.58. The van der Waals surface area contributed by atoms with Crippen LogP contribution in [0.4, 0.5) is 11.5 Å². The molecule has 0 bridgehead atoms. The molecule has 2 heterocycles. The van der Waals surface area contributed by atoms with Crippen molar-refractivity contribution in [3.8, 4) is 5.88 Å². The molecule has 7 nitrogen and oxygen atoms in total. The predicted molar refractivity (Wildman–Crippen MR) is 106 cm³/mol. The van der Waals surface area contributed by atoms with Crippen LogP contribution in [0.25, 0.3) is 0 Å². The van der Waals surface area contributed by atoms with Crippen molar-refractivity contribution >= 4 is 23.2 Å². The molecular weight excluding hydrogens is 356 g/mol. The van der Waals surface area contributed by atoms with Crippen molar-refractivity contribution in [3.05, 3.63) is 41.2 Å². The molecule has 7 heteroatoms. The van der Waals surface area contributed by atoms with Gasteiger partial charge in [0.1, 0.15) is 11.4 Å². The van der Waals surface area contributed by atoms with Crippen molar-refractivity contribution in [1.82, 2.24) is 9.97 Å². The molecular formula is C21H24N4O3. The van der Waals surface area contributed by atoms with E-state index in [-0.39, 0.29) is 6.42 Å². The molecule has 1 saturated carbocycles. The highest BCUT2D eigenvalue weighted by molar-refractivity contribution is 6.09. The third-order valence-corrected chi connectivity index (χ3v) is 5.49. The van der Waals surface area contributed by atoms with Gasteiger partial charge in [-0.15, -0.1) is 0 Å². The van der Waals surface area contributed by atoms with Gasteiger partial charge in [-0.1, -0.05) is 24.3 Å². The van der Waals surface area contributed by atoms with E-state index >= 15 is 0 Å². The van der Waals surface area contributed by atoms with Crippen molar-refractivity contribution < 1.29 is 14.6 Å². The molecule has 4 rings (SSSR count). The highest BCUT2D eigenvalue weighted by atomic mass is 16.5. The number of nitrogens with zero attached hydrogens (tertiary/aromatic N) is 3. The molecule has 1 aromatic carbocycles. The molecule has 1 aliphatic carbocycles. The number of carboxylic acid groups (broad SMARTS) is 1. The van der Waals surface area contributed by atoms with Crippen LogP contribution in [0.2, 0.25) is 0 Å². The highest BCUT2D eigenvalue weighted by Crippen LogP contribution is 2.44. The summed E-state index contributed by atoms with van der Waals surface area (Å²) >= 11 is 0. The lowest BCUT2D eigenvalue weighted by Crippen LogP contribution is -2.41. The quantitative estimate of drug-likeness (QED) is 0.838. The lowest BCUT2D eigenvalue weighted by atomic mass is 9.70. The second-order valence-electron chi connectivity index (χ2n) is 8.14. The molecule has 2 aromatic rings. The van der Waals surface area contributed by atoms with Gasteiger partial charge < -0.3 is 15.6 Å². The summed E-state index contributed by atoms with van der Waals surface area (Å²) in [4.78, 5) is 24.1. The summed E-state index contributed by atoms with van der Waals surface area (Å²) in [7, 11) is 0. The van der Waals surface area contributed by atoms with Gasteiger partial charge in [-0.2, -0.15) is 4.98 Å². The average molecular weight is 380 g/mol. The molecule has 1 aromatic heterocycles. The van der Waals surface area contributed by atoms with Crippen LogP contribution in [-0.4, -0.2) is 32.4 Å². The molecule has 1 aliphatic heterocycles. The van der Waals surface area contributed by atoms with Crippen molar-refractivity contribution in [2.45, 2.75) is 51.6 Å². The average Bonchev–Trinajstić information content (AvgIpc) is 2.56. The maximum Gasteiger partial charge on any atom is 0.303 e. The Morgan fingerprint density at radius 1 is 1.25 bits per heavy atom. The molecule has 28 heavy (non-hydrogen) atoms. The van der Waals surface area contributed by atoms with Crippen LogP contribution in [0.5, 0.6) is 5.88 Å². The number of aliphatic imine (C=N–C) groups is 1. The molecule has 0 spiro atoms. The molecule has 0 radical (unpaired) electrons. The van der Waals surface area contributed by atoms with Crippen molar-refractivity contribution in [3.63, 3.8) is 0 Å². The molecule has 0 atom stereocenters. The second kappa shape index (κ2) is 6.58. The smallest absolute Gasteiger partial charge is 0.303 e. The third kappa shape index (κ3) is 3.32. The first-order valence-electron chi connectivity index (χ1n) is 9.47. The van der Waals surface area contributed by atoms with Crippen LogP contribution in [0.1, 0.15) is 56.0 Å². The minimum atomic E-state index is -0.713. The predicted octanol–water partition coefficient (Wildman–Crippen LogP) is 3.63. The Morgan fingerprint density at radius 3 is 2.57 bits per heavy atom. The minimum Gasteiger partial charge on any atom is -0.481 e. The van der Waals surface area contributed by atoms with E-state index in [2.05, 4.69) is 22.1 Å². The van der Waals surface area contributed by atoms with Gasteiger partial charge in [-0.25, -0.2) is 9.98 Å². The van der Waals surface area contributed by atoms with E-state index in [4.69, 9.17) is 20.6 Å². The Morgan fingerprint density at radius 2 is 1.93 bits per heavy atom. The molecule has 1 fully saturated rings. The van der Waals surface area contributed by atoms with Crippen LogP contribution in [0.3, 0.4) is 0 Å². The number of nitrogens with two attached hydrogens (primary N) is 1. The largest absolute Gasteiger partial charge is 0.481 e. The molecule has 3 N–H and O–H groups in total. The summed E-state index contributed by atoms with van der Waals surface area (Å²) < 4.78 is 6.09. The first-order chi connectivity index (χ1) is 13.2. The Bertz CT molecular complexity index is 960. The van der Waals surface area contributed by atoms with E-state index < -0.39 is 11.6 Å². The van der Waals surface area contributed by atoms with Gasteiger partial charge in [0.2, 0.25) is 5.88 Å². The molecule has 0 unspecified atom stereocenters. The second-order valence-corrected chi connectivity index (χ2v) is 8.14. The number of nitrogen functional groups attached to an aromatic ring is 1. The molecule has 0 amide bonds. The number of carboxylic acids is 1. The standard InChI is InChI=1S/C21H24N4O3/c1-11-23-19(22)17-20(24-11)28-21(2,3)18(25-17)14-6-4-13(5-7-14)15-8-12(9-15)10-16(26)27/h4-7,12,15H,8-10H2,1-3H3,(H,26,27)(H2,22,23,24). The normalized spacial score (nSPS) is 22.5. The van der Waals surface area contributed by atoms with Crippen molar-refractivity contribution in [2.75, 3.05) is 5.73 Å². The third-order valence-electron chi connectivity index (χ3n) is 5.49. The fraction of sp³-hybridized carbons (Fsp3) is 0.429. The van der Waals surface area contributed by atoms with Crippen LogP contribution in [0.15, 0.2) is 29.3 Å². The maximum atomic E-state index is 10.8. The SMILES string of the molecule is Cc1nc(N)c2c(n1)OC(C)(C)C(c1ccc(C3CC(CC(=O)O)C3)cc1)=N2. The van der Waals surface area contributed by atoms with E-state index in [1.165, 1.54) is 5.56 Å². The Hall–Kier alpha value is -2.96. The summed E-state index contributed by atoms with van der Waals surface area (Å²) in [6.45, 7) is 5.68. The summed E-state index contributed by atoms with van der Waals surface area (Å²) in [5.74, 6) is 1.29. The number of fused-ring (bicyclic) bond motifs is 1. The van der Waals surface area contributed by atoms with Gasteiger partial charge in [0.25, 0.3) is 0 Å². The fourth-order valence-corrected chi connectivity index (χ4v) is 4.02. The molecule has 2 aliphatic rings. The van der Waals surface area contributed by atoms with Crippen molar-refractivity contribution in [2.24, 2.45) is 10.9 Å². The molecule has 0 saturated heterocycles. The topological polar surface area (TPSA) is 111 Å². The summed E-state index contributed by atoms with van der Waals surface area (Å²) in [6, 6.07) is 8.28. The Kier molecular flexibility index (Phi) is 4.33. The lowest BCUT2D eigenvalue weighted by Gasteiger charge is -2.35. The highest BCUT2D eigenvalue weighted by Gasteiger charge is 2.36. The van der Waals surface area contributed by atoms with E-state index in [0.717, 1.165) is 24.1 Å². The first kappa shape index (κ1) is 18.4. The number of aromatic nitrogens is 2. The minimum absolute atomic E-state index is 0.263. The number of carbonyl (C=O) groups is 1. The summed E-state index contributed by atoms with van der Waals surface area (Å²) in [6.07, 6.45) is 2.13.